The van der Waals surface area contributed by atoms with Gasteiger partial charge in [-0.25, -0.2) is 0 Å². The van der Waals surface area contributed by atoms with Crippen molar-refractivity contribution < 1.29 is 9.90 Å². The summed E-state index contributed by atoms with van der Waals surface area (Å²) in [5, 5.41) is 9.91. The van der Waals surface area contributed by atoms with E-state index >= 15 is 0 Å². The van der Waals surface area contributed by atoms with Gasteiger partial charge in [0.25, 0.3) is 5.91 Å². The number of benzene rings is 2. The molecule has 0 aromatic heterocycles. The van der Waals surface area contributed by atoms with Gasteiger partial charge in [-0.2, -0.15) is 0 Å². The zero-order chi connectivity index (χ0) is 15.7. The molecule has 22 heavy (non-hydrogen) atoms. The minimum Gasteiger partial charge on any atom is -0.508 e. The van der Waals surface area contributed by atoms with E-state index in [1.807, 2.05) is 44.3 Å². The molecule has 1 aliphatic rings. The van der Waals surface area contributed by atoms with E-state index in [0.29, 0.717) is 6.54 Å². The molecule has 2 aromatic carbocycles. The summed E-state index contributed by atoms with van der Waals surface area (Å²) in [6.45, 7) is 4.26. The number of aryl methyl sites for hydroxylation is 1. The molecule has 0 aliphatic carbocycles. The van der Waals surface area contributed by atoms with Crippen molar-refractivity contribution in [1.82, 2.24) is 4.90 Å². The molecule has 2 aromatic rings. The normalized spacial score (nSPS) is 13.9. The number of aromatic hydroxyl groups is 1. The van der Waals surface area contributed by atoms with E-state index < -0.39 is 0 Å². The summed E-state index contributed by atoms with van der Waals surface area (Å²) in [6.07, 6.45) is 4.65. The zero-order valence-corrected chi connectivity index (χ0v) is 12.8. The molecule has 0 saturated heterocycles. The van der Waals surface area contributed by atoms with Gasteiger partial charge in [-0.1, -0.05) is 36.4 Å². The van der Waals surface area contributed by atoms with Crippen LogP contribution in [0.4, 0.5) is 0 Å². The summed E-state index contributed by atoms with van der Waals surface area (Å²) in [6, 6.07) is 11.8. The second kappa shape index (κ2) is 5.68. The highest BCUT2D eigenvalue weighted by Crippen LogP contribution is 2.33. The molecule has 3 nitrogen and oxygen atoms in total. The Kier molecular flexibility index (Phi) is 3.72. The van der Waals surface area contributed by atoms with Crippen LogP contribution in [0.1, 0.15) is 32.6 Å². The van der Waals surface area contributed by atoms with Crippen LogP contribution in [-0.2, 0) is 13.0 Å². The maximum Gasteiger partial charge on any atom is 0.258 e. The van der Waals surface area contributed by atoms with Gasteiger partial charge in [0, 0.05) is 11.8 Å². The van der Waals surface area contributed by atoms with E-state index in [2.05, 4.69) is 12.1 Å². The number of nitrogens with zero attached hydrogens (tertiary/aromatic N) is 1. The van der Waals surface area contributed by atoms with E-state index in [0.717, 1.165) is 28.7 Å². The van der Waals surface area contributed by atoms with Gasteiger partial charge in [-0.15, -0.1) is 0 Å². The van der Waals surface area contributed by atoms with Gasteiger partial charge in [0.15, 0.2) is 0 Å². The largest absolute Gasteiger partial charge is 0.508 e. The average Bonchev–Trinajstić information content (AvgIpc) is 2.84. The lowest BCUT2D eigenvalue weighted by atomic mass is 9.98. The predicted octanol–water partition coefficient (Wildman–Crippen LogP) is 3.72. The third-order valence-corrected chi connectivity index (χ3v) is 4.17. The van der Waals surface area contributed by atoms with Crippen LogP contribution in [0.15, 0.2) is 48.7 Å². The molecule has 0 unspecified atom stereocenters. The van der Waals surface area contributed by atoms with Gasteiger partial charge in [-0.3, -0.25) is 4.79 Å². The van der Waals surface area contributed by atoms with Gasteiger partial charge in [-0.05, 0) is 48.6 Å². The number of carbonyl (C=O) groups is 1. The summed E-state index contributed by atoms with van der Waals surface area (Å²) < 4.78 is 0. The third kappa shape index (κ3) is 2.50. The maximum atomic E-state index is 12.5. The van der Waals surface area contributed by atoms with Gasteiger partial charge in [0.05, 0.1) is 6.54 Å². The van der Waals surface area contributed by atoms with Crippen molar-refractivity contribution in [3.8, 4) is 5.75 Å². The monoisotopic (exact) mass is 293 g/mol. The molecule has 0 radical (unpaired) electrons. The first-order valence-corrected chi connectivity index (χ1v) is 7.41. The Balaban J connectivity index is 1.80. The molecule has 1 aliphatic heterocycles. The van der Waals surface area contributed by atoms with Crippen molar-refractivity contribution in [2.45, 2.75) is 26.8 Å². The topological polar surface area (TPSA) is 40.5 Å². The molecule has 0 fully saturated rings. The number of hydrogen-bond donors (Lipinski definition) is 1. The number of carbonyl (C=O) groups excluding carboxylic acids is 1. The molecule has 0 spiro atoms. The molecular formula is C19H19NO2. The van der Waals surface area contributed by atoms with Crippen LogP contribution in [0.25, 0.3) is 0 Å². The summed E-state index contributed by atoms with van der Waals surface area (Å²) in [5.74, 6) is 0.277. The molecule has 112 valence electrons. The molecule has 3 heteroatoms. The molecule has 0 atom stereocenters. The predicted molar refractivity (Wildman–Crippen MR) is 86.7 cm³/mol. The van der Waals surface area contributed by atoms with Crippen molar-refractivity contribution in [3.63, 3.8) is 0 Å². The summed E-state index contributed by atoms with van der Waals surface area (Å²) in [4.78, 5) is 14.2. The van der Waals surface area contributed by atoms with Crippen LogP contribution in [0.3, 0.4) is 0 Å². The van der Waals surface area contributed by atoms with Crippen molar-refractivity contribution in [3.05, 3.63) is 76.5 Å². The lowest BCUT2D eigenvalue weighted by molar-refractivity contribution is 0.0841. The van der Waals surface area contributed by atoms with Crippen LogP contribution < -0.4 is 0 Å². The highest BCUT2D eigenvalue weighted by molar-refractivity contribution is 6.01. The van der Waals surface area contributed by atoms with Gasteiger partial charge >= 0.3 is 0 Å². The SMILES string of the molecule is Cc1cc(O)c(C)c2c1C(=O)N(C=CCc1ccccc1)C2. The second-order valence-corrected chi connectivity index (χ2v) is 5.70. The third-order valence-electron chi connectivity index (χ3n) is 4.17. The minimum absolute atomic E-state index is 0.0138. The van der Waals surface area contributed by atoms with Crippen LogP contribution >= 0.6 is 0 Å². The Morgan fingerprint density at radius 2 is 1.95 bits per heavy atom. The van der Waals surface area contributed by atoms with Crippen LogP contribution in [0, 0.1) is 13.8 Å². The van der Waals surface area contributed by atoms with Crippen molar-refractivity contribution in [2.75, 3.05) is 0 Å². The molecule has 0 saturated carbocycles. The van der Waals surface area contributed by atoms with Crippen LogP contribution in [-0.4, -0.2) is 15.9 Å². The average molecular weight is 293 g/mol. The number of phenols is 1. The van der Waals surface area contributed by atoms with E-state index in [-0.39, 0.29) is 11.7 Å². The molecule has 1 heterocycles. The lowest BCUT2D eigenvalue weighted by Gasteiger charge is -2.09. The first-order chi connectivity index (χ1) is 10.6. The fourth-order valence-electron chi connectivity index (χ4n) is 2.90. The Hall–Kier alpha value is -2.55. The first-order valence-electron chi connectivity index (χ1n) is 7.41. The number of phenolic OH excluding ortho intramolecular Hbond substituents is 1. The number of fused-ring (bicyclic) bond motifs is 1. The van der Waals surface area contributed by atoms with E-state index in [1.54, 1.807) is 11.0 Å². The van der Waals surface area contributed by atoms with E-state index in [4.69, 9.17) is 0 Å². The Bertz CT molecular complexity index is 748. The van der Waals surface area contributed by atoms with Crippen LogP contribution in [0.5, 0.6) is 5.75 Å². The standard InChI is InChI=1S/C19H19NO2/c1-13-11-17(21)14(2)16-12-20(19(22)18(13)16)10-6-9-15-7-4-3-5-8-15/h3-8,10-11,21H,9,12H2,1-2H3. The number of amides is 1. The zero-order valence-electron chi connectivity index (χ0n) is 12.8. The lowest BCUT2D eigenvalue weighted by Crippen LogP contribution is -2.17. The van der Waals surface area contributed by atoms with Crippen molar-refractivity contribution in [2.24, 2.45) is 0 Å². The molecular weight excluding hydrogens is 274 g/mol. The number of hydrogen-bond acceptors (Lipinski definition) is 2. The van der Waals surface area contributed by atoms with Gasteiger partial charge in [0.1, 0.15) is 5.75 Å². The summed E-state index contributed by atoms with van der Waals surface area (Å²) >= 11 is 0. The molecule has 0 bridgehead atoms. The number of rotatable bonds is 3. The maximum absolute atomic E-state index is 12.5. The summed E-state index contributed by atoms with van der Waals surface area (Å²) in [7, 11) is 0. The quantitative estimate of drug-likeness (QED) is 0.937. The Morgan fingerprint density at radius 1 is 1.23 bits per heavy atom. The molecule has 3 rings (SSSR count). The van der Waals surface area contributed by atoms with Crippen molar-refractivity contribution in [1.29, 1.82) is 0 Å². The molecule has 1 amide bonds. The fraction of sp³-hybridized carbons (Fsp3) is 0.211. The van der Waals surface area contributed by atoms with Crippen molar-refractivity contribution >= 4 is 5.91 Å². The molecule has 1 N–H and O–H groups in total. The highest BCUT2D eigenvalue weighted by Gasteiger charge is 2.30. The van der Waals surface area contributed by atoms with Gasteiger partial charge in [0.2, 0.25) is 0 Å². The Morgan fingerprint density at radius 3 is 2.68 bits per heavy atom. The van der Waals surface area contributed by atoms with Crippen LogP contribution in [0.2, 0.25) is 0 Å². The second-order valence-electron chi connectivity index (χ2n) is 5.70. The summed E-state index contributed by atoms with van der Waals surface area (Å²) in [5.41, 5.74) is 4.52. The smallest absolute Gasteiger partial charge is 0.258 e. The first kappa shape index (κ1) is 14.4. The highest BCUT2D eigenvalue weighted by atomic mass is 16.3. The van der Waals surface area contributed by atoms with Gasteiger partial charge < -0.3 is 10.0 Å². The number of allylic oxidation sites excluding steroid dienone is 1. The van der Waals surface area contributed by atoms with E-state index in [1.165, 1.54) is 5.56 Å². The van der Waals surface area contributed by atoms with E-state index in [9.17, 15) is 9.90 Å². The minimum atomic E-state index is 0.0138. The fourth-order valence-corrected chi connectivity index (χ4v) is 2.90. The Labute approximate surface area is 130 Å².